The number of benzene rings is 1. The van der Waals surface area contributed by atoms with Crippen molar-refractivity contribution in [1.29, 1.82) is 5.26 Å². The molecule has 2 aromatic rings. The first-order valence-electron chi connectivity index (χ1n) is 8.91. The van der Waals surface area contributed by atoms with Crippen molar-refractivity contribution in [3.05, 3.63) is 42.0 Å². The molecule has 0 saturated heterocycles. The Morgan fingerprint density at radius 2 is 2.00 bits per heavy atom. The van der Waals surface area contributed by atoms with Gasteiger partial charge in [0.15, 0.2) is 5.82 Å². The summed E-state index contributed by atoms with van der Waals surface area (Å²) in [5, 5.41) is 30.2. The van der Waals surface area contributed by atoms with E-state index in [2.05, 4.69) is 27.0 Å². The lowest BCUT2D eigenvalue weighted by Gasteiger charge is -2.27. The number of rotatable bonds is 11. The van der Waals surface area contributed by atoms with Gasteiger partial charge in [-0.3, -0.25) is 0 Å². The second-order valence-corrected chi connectivity index (χ2v) is 6.84. The maximum atomic E-state index is 10.2. The molecule has 0 fully saturated rings. The average molecular weight is 386 g/mol. The number of hydrogen-bond donors (Lipinski definition) is 4. The number of aromatic nitrogens is 2. The molecule has 150 valence electrons. The van der Waals surface area contributed by atoms with Gasteiger partial charge in [-0.05, 0) is 38.5 Å². The molecular formula is C19H26N6O3. The van der Waals surface area contributed by atoms with Gasteiger partial charge in [-0.2, -0.15) is 5.26 Å². The third-order valence-corrected chi connectivity index (χ3v) is 4.02. The molecule has 0 saturated carbocycles. The number of nitriles is 1. The van der Waals surface area contributed by atoms with Crippen molar-refractivity contribution in [2.24, 2.45) is 5.84 Å². The summed E-state index contributed by atoms with van der Waals surface area (Å²) in [6.45, 7) is 4.91. The SMILES string of the molecule is CC(C)(CCOc1ccc(NN)nn1)NCC(O)COc1ccccc1C#N. The van der Waals surface area contributed by atoms with Crippen molar-refractivity contribution in [3.8, 4) is 17.7 Å². The zero-order valence-electron chi connectivity index (χ0n) is 16.1. The molecule has 0 aliphatic carbocycles. The molecular weight excluding hydrogens is 360 g/mol. The summed E-state index contributed by atoms with van der Waals surface area (Å²) in [7, 11) is 0. The molecule has 0 spiro atoms. The fourth-order valence-corrected chi connectivity index (χ4v) is 2.30. The van der Waals surface area contributed by atoms with Gasteiger partial charge in [0, 0.05) is 18.2 Å². The Morgan fingerprint density at radius 1 is 1.21 bits per heavy atom. The molecule has 5 N–H and O–H groups in total. The van der Waals surface area contributed by atoms with Crippen LogP contribution in [-0.4, -0.2) is 46.7 Å². The van der Waals surface area contributed by atoms with Crippen molar-refractivity contribution in [2.75, 3.05) is 25.2 Å². The smallest absolute Gasteiger partial charge is 0.233 e. The number of aliphatic hydroxyl groups is 1. The molecule has 0 radical (unpaired) electrons. The summed E-state index contributed by atoms with van der Waals surface area (Å²) in [4.78, 5) is 0. The van der Waals surface area contributed by atoms with Gasteiger partial charge in [0.05, 0.1) is 12.2 Å². The molecule has 0 aliphatic heterocycles. The fourth-order valence-electron chi connectivity index (χ4n) is 2.30. The topological polar surface area (TPSA) is 138 Å². The Kier molecular flexibility index (Phi) is 7.95. The van der Waals surface area contributed by atoms with Gasteiger partial charge in [-0.15, -0.1) is 10.2 Å². The highest BCUT2D eigenvalue weighted by atomic mass is 16.5. The minimum absolute atomic E-state index is 0.0926. The highest BCUT2D eigenvalue weighted by Crippen LogP contribution is 2.17. The molecule has 0 bridgehead atoms. The van der Waals surface area contributed by atoms with E-state index in [9.17, 15) is 5.11 Å². The van der Waals surface area contributed by atoms with Crippen LogP contribution in [0.1, 0.15) is 25.8 Å². The lowest BCUT2D eigenvalue weighted by atomic mass is 10.0. The van der Waals surface area contributed by atoms with E-state index < -0.39 is 6.10 Å². The van der Waals surface area contributed by atoms with Crippen LogP contribution in [0.25, 0.3) is 0 Å². The number of nitrogen functional groups attached to an aromatic ring is 1. The van der Waals surface area contributed by atoms with Crippen LogP contribution in [0.3, 0.4) is 0 Å². The minimum atomic E-state index is -0.714. The number of nitrogens with two attached hydrogens (primary N) is 1. The Balaban J connectivity index is 1.70. The van der Waals surface area contributed by atoms with Crippen LogP contribution in [0, 0.1) is 11.3 Å². The largest absolute Gasteiger partial charge is 0.489 e. The second-order valence-electron chi connectivity index (χ2n) is 6.84. The average Bonchev–Trinajstić information content (AvgIpc) is 2.71. The van der Waals surface area contributed by atoms with Crippen molar-refractivity contribution >= 4 is 5.82 Å². The van der Waals surface area contributed by atoms with Crippen molar-refractivity contribution in [3.63, 3.8) is 0 Å². The van der Waals surface area contributed by atoms with Crippen LogP contribution in [0.2, 0.25) is 0 Å². The Labute approximate surface area is 164 Å². The number of para-hydroxylation sites is 1. The molecule has 1 atom stereocenters. The highest BCUT2D eigenvalue weighted by molar-refractivity contribution is 5.42. The number of aliphatic hydroxyl groups excluding tert-OH is 1. The minimum Gasteiger partial charge on any atom is -0.489 e. The van der Waals surface area contributed by atoms with Gasteiger partial charge in [-0.1, -0.05) is 12.1 Å². The van der Waals surface area contributed by atoms with E-state index in [1.165, 1.54) is 0 Å². The lowest BCUT2D eigenvalue weighted by Crippen LogP contribution is -2.45. The number of ether oxygens (including phenoxy) is 2. The number of nitrogens with one attached hydrogen (secondary N) is 2. The summed E-state index contributed by atoms with van der Waals surface area (Å²) in [6, 6.07) is 12.4. The standard InChI is InChI=1S/C19H26N6O3/c1-19(2,9-10-27-18-8-7-17(23-21)24-25-18)22-12-15(26)13-28-16-6-4-3-5-14(16)11-20/h3-8,15,22,26H,9-10,12-13,21H2,1-2H3,(H,23,24). The van der Waals surface area contributed by atoms with E-state index in [0.717, 1.165) is 0 Å². The summed E-state index contributed by atoms with van der Waals surface area (Å²) < 4.78 is 11.1. The van der Waals surface area contributed by atoms with E-state index in [1.807, 2.05) is 13.8 Å². The molecule has 1 unspecified atom stereocenters. The van der Waals surface area contributed by atoms with Crippen LogP contribution in [-0.2, 0) is 0 Å². The van der Waals surface area contributed by atoms with Crippen LogP contribution < -0.4 is 26.1 Å². The van der Waals surface area contributed by atoms with Gasteiger partial charge in [0.2, 0.25) is 5.88 Å². The highest BCUT2D eigenvalue weighted by Gasteiger charge is 2.19. The molecule has 9 heteroatoms. The zero-order chi connectivity index (χ0) is 20.4. The first-order valence-corrected chi connectivity index (χ1v) is 8.91. The van der Waals surface area contributed by atoms with Crippen LogP contribution in [0.15, 0.2) is 36.4 Å². The zero-order valence-corrected chi connectivity index (χ0v) is 16.1. The molecule has 0 aliphatic rings. The van der Waals surface area contributed by atoms with Crippen LogP contribution in [0.4, 0.5) is 5.82 Å². The lowest BCUT2D eigenvalue weighted by molar-refractivity contribution is 0.0962. The molecule has 0 amide bonds. The predicted octanol–water partition coefficient (Wildman–Crippen LogP) is 1.21. The number of anilines is 1. The van der Waals surface area contributed by atoms with Gasteiger partial charge in [0.25, 0.3) is 0 Å². The monoisotopic (exact) mass is 386 g/mol. The maximum Gasteiger partial charge on any atom is 0.233 e. The molecule has 1 aromatic heterocycles. The Hall–Kier alpha value is -2.93. The first-order chi connectivity index (χ1) is 13.4. The van der Waals surface area contributed by atoms with E-state index in [0.29, 0.717) is 42.6 Å². The number of nitrogens with zero attached hydrogens (tertiary/aromatic N) is 3. The Morgan fingerprint density at radius 3 is 2.68 bits per heavy atom. The molecule has 9 nitrogen and oxygen atoms in total. The van der Waals surface area contributed by atoms with E-state index in [4.69, 9.17) is 20.6 Å². The summed E-state index contributed by atoms with van der Waals surface area (Å²) >= 11 is 0. The Bertz CT molecular complexity index is 776. The van der Waals surface area contributed by atoms with Gasteiger partial charge in [0.1, 0.15) is 24.5 Å². The van der Waals surface area contributed by atoms with E-state index >= 15 is 0 Å². The van der Waals surface area contributed by atoms with Crippen molar-refractivity contribution in [1.82, 2.24) is 15.5 Å². The predicted molar refractivity (Wildman–Crippen MR) is 105 cm³/mol. The first kappa shape index (κ1) is 21.4. The third kappa shape index (κ3) is 7.00. The molecule has 1 aromatic carbocycles. The van der Waals surface area contributed by atoms with Gasteiger partial charge >= 0.3 is 0 Å². The third-order valence-electron chi connectivity index (χ3n) is 4.02. The summed E-state index contributed by atoms with van der Waals surface area (Å²) in [5.74, 6) is 6.58. The number of β-amino-alcohol motifs (C(OH)–C–C–N with tert-alkyl or cyclic N) is 1. The van der Waals surface area contributed by atoms with Crippen LogP contribution in [0.5, 0.6) is 11.6 Å². The van der Waals surface area contributed by atoms with Crippen molar-refractivity contribution in [2.45, 2.75) is 31.9 Å². The van der Waals surface area contributed by atoms with Gasteiger partial charge < -0.3 is 25.3 Å². The molecule has 1 heterocycles. The van der Waals surface area contributed by atoms with E-state index in [-0.39, 0.29) is 12.1 Å². The van der Waals surface area contributed by atoms with E-state index in [1.54, 1.807) is 36.4 Å². The summed E-state index contributed by atoms with van der Waals surface area (Å²) in [6.07, 6.45) is -0.0229. The molecule has 2 rings (SSSR count). The normalized spacial score (nSPS) is 12.1. The fraction of sp³-hybridized carbons (Fsp3) is 0.421. The maximum absolute atomic E-state index is 10.2. The molecule has 28 heavy (non-hydrogen) atoms. The number of hydrazine groups is 1. The van der Waals surface area contributed by atoms with Crippen molar-refractivity contribution < 1.29 is 14.6 Å². The van der Waals surface area contributed by atoms with Gasteiger partial charge in [-0.25, -0.2) is 5.84 Å². The second kappa shape index (κ2) is 10.4. The summed E-state index contributed by atoms with van der Waals surface area (Å²) in [5.41, 5.74) is 2.58. The quantitative estimate of drug-likeness (QED) is 0.331. The van der Waals surface area contributed by atoms with Crippen LogP contribution >= 0.6 is 0 Å². The number of hydrogen-bond acceptors (Lipinski definition) is 9.